The van der Waals surface area contributed by atoms with Crippen LogP contribution < -0.4 is 4.57 Å². The Morgan fingerprint density at radius 1 is 1.27 bits per heavy atom. The molecule has 0 saturated carbocycles. The summed E-state index contributed by atoms with van der Waals surface area (Å²) in [4.78, 5) is 2.45. The standard InChI is InChI=1S/C21H25N4S/c1-3-23-12-13-26-20(23)10-8-17-6-5-11-25-19-14-16(15-22)7-9-18(19)24(4-2)21(17)25/h7-10,14H,3-6,11-13H2,1-2H3/q+1. The van der Waals surface area contributed by atoms with Gasteiger partial charge in [0.15, 0.2) is 11.0 Å². The largest absolute Gasteiger partial charge is 0.366 e. The number of aromatic nitrogens is 2. The van der Waals surface area contributed by atoms with Crippen LogP contribution in [0.5, 0.6) is 0 Å². The lowest BCUT2D eigenvalue weighted by atomic mass is 10.1. The average molecular weight is 366 g/mol. The fraction of sp³-hybridized carbons (Fsp3) is 0.429. The van der Waals surface area contributed by atoms with E-state index in [1.54, 1.807) is 0 Å². The molecular weight excluding hydrogens is 340 g/mol. The van der Waals surface area contributed by atoms with Crippen molar-refractivity contribution in [3.05, 3.63) is 46.8 Å². The van der Waals surface area contributed by atoms with Gasteiger partial charge in [-0.1, -0.05) is 0 Å². The number of fused-ring (bicyclic) bond motifs is 3. The number of nitrogens with zero attached hydrogens (tertiary/aromatic N) is 4. The summed E-state index contributed by atoms with van der Waals surface area (Å²) in [5.41, 5.74) is 4.56. The van der Waals surface area contributed by atoms with Crippen LogP contribution in [0.3, 0.4) is 0 Å². The van der Waals surface area contributed by atoms with E-state index in [4.69, 9.17) is 0 Å². The molecule has 1 aromatic heterocycles. The first kappa shape index (κ1) is 17.2. The Balaban J connectivity index is 1.84. The van der Waals surface area contributed by atoms with Gasteiger partial charge in [0.05, 0.1) is 29.8 Å². The van der Waals surface area contributed by atoms with E-state index in [1.165, 1.54) is 33.2 Å². The fourth-order valence-electron chi connectivity index (χ4n) is 4.10. The Kier molecular flexibility index (Phi) is 4.78. The fourth-order valence-corrected chi connectivity index (χ4v) is 5.19. The van der Waals surface area contributed by atoms with Crippen LogP contribution in [0.25, 0.3) is 16.6 Å². The third-order valence-electron chi connectivity index (χ3n) is 5.36. The summed E-state index contributed by atoms with van der Waals surface area (Å²) >= 11 is 1.96. The predicted molar refractivity (Wildman–Crippen MR) is 108 cm³/mol. The molecule has 134 valence electrons. The predicted octanol–water partition coefficient (Wildman–Crippen LogP) is 3.91. The summed E-state index contributed by atoms with van der Waals surface area (Å²) in [6, 6.07) is 8.35. The average Bonchev–Trinajstić information content (AvgIpc) is 3.27. The summed E-state index contributed by atoms with van der Waals surface area (Å²) in [5, 5.41) is 10.7. The van der Waals surface area contributed by atoms with Crippen molar-refractivity contribution in [3.63, 3.8) is 0 Å². The zero-order chi connectivity index (χ0) is 18.1. The van der Waals surface area contributed by atoms with Gasteiger partial charge in [-0.05, 0) is 51.0 Å². The minimum atomic E-state index is 0.736. The van der Waals surface area contributed by atoms with E-state index < -0.39 is 0 Å². The highest BCUT2D eigenvalue weighted by atomic mass is 32.2. The SMILES string of the molecule is CCN1CCSC1=CC=C1CCCn2c1[n+](CC)c1ccc(C#N)cc12. The summed E-state index contributed by atoms with van der Waals surface area (Å²) in [7, 11) is 0. The van der Waals surface area contributed by atoms with Crippen molar-refractivity contribution in [3.8, 4) is 6.07 Å². The normalized spacial score (nSPS) is 20.1. The third kappa shape index (κ3) is 2.83. The number of hydrogen-bond acceptors (Lipinski definition) is 3. The van der Waals surface area contributed by atoms with Gasteiger partial charge in [0, 0.05) is 30.5 Å². The van der Waals surface area contributed by atoms with Crippen molar-refractivity contribution < 1.29 is 4.57 Å². The maximum absolute atomic E-state index is 9.28. The molecule has 2 aromatic rings. The Labute approximate surface area is 159 Å². The van der Waals surface area contributed by atoms with Gasteiger partial charge < -0.3 is 4.90 Å². The first-order valence-electron chi connectivity index (χ1n) is 9.52. The zero-order valence-electron chi connectivity index (χ0n) is 15.5. The van der Waals surface area contributed by atoms with Crippen LogP contribution in [-0.2, 0) is 13.1 Å². The minimum Gasteiger partial charge on any atom is -0.366 e. The van der Waals surface area contributed by atoms with Crippen molar-refractivity contribution in [2.75, 3.05) is 18.8 Å². The van der Waals surface area contributed by atoms with E-state index in [-0.39, 0.29) is 0 Å². The first-order valence-corrected chi connectivity index (χ1v) is 10.5. The number of allylic oxidation sites excluding steroid dienone is 3. The molecule has 5 heteroatoms. The van der Waals surface area contributed by atoms with Crippen molar-refractivity contribution >= 4 is 28.4 Å². The lowest BCUT2D eigenvalue weighted by Crippen LogP contribution is -2.37. The summed E-state index contributed by atoms with van der Waals surface area (Å²) in [6.45, 7) is 8.63. The molecule has 0 aliphatic carbocycles. The molecule has 0 atom stereocenters. The van der Waals surface area contributed by atoms with Gasteiger partial charge in [-0.2, -0.15) is 5.26 Å². The molecule has 2 aliphatic heterocycles. The molecule has 0 bridgehead atoms. The highest BCUT2D eigenvalue weighted by Gasteiger charge is 2.30. The number of nitriles is 1. The molecule has 4 rings (SSSR count). The first-order chi connectivity index (χ1) is 12.8. The second-order valence-electron chi connectivity index (χ2n) is 6.76. The molecule has 26 heavy (non-hydrogen) atoms. The smallest absolute Gasteiger partial charge is 0.285 e. The molecule has 4 nitrogen and oxygen atoms in total. The van der Waals surface area contributed by atoms with Gasteiger partial charge in [-0.3, -0.25) is 0 Å². The quantitative estimate of drug-likeness (QED) is 0.774. The van der Waals surface area contributed by atoms with E-state index in [0.717, 1.165) is 44.6 Å². The highest BCUT2D eigenvalue weighted by molar-refractivity contribution is 8.03. The molecule has 3 heterocycles. The van der Waals surface area contributed by atoms with Crippen LogP contribution in [0, 0.1) is 11.3 Å². The Bertz CT molecular complexity index is 945. The molecule has 1 fully saturated rings. The van der Waals surface area contributed by atoms with Crippen molar-refractivity contribution in [1.82, 2.24) is 9.47 Å². The van der Waals surface area contributed by atoms with Crippen LogP contribution in [0.15, 0.2) is 35.4 Å². The number of hydrogen-bond donors (Lipinski definition) is 0. The zero-order valence-corrected chi connectivity index (χ0v) is 16.4. The topological polar surface area (TPSA) is 35.8 Å². The van der Waals surface area contributed by atoms with Gasteiger partial charge in [0.2, 0.25) is 0 Å². The molecule has 0 amide bonds. The van der Waals surface area contributed by atoms with Crippen molar-refractivity contribution in [1.29, 1.82) is 5.26 Å². The Morgan fingerprint density at radius 3 is 2.92 bits per heavy atom. The number of thioether (sulfide) groups is 1. The van der Waals surface area contributed by atoms with E-state index in [1.807, 2.05) is 23.9 Å². The lowest BCUT2D eigenvalue weighted by Gasteiger charge is -2.16. The Morgan fingerprint density at radius 2 is 2.15 bits per heavy atom. The van der Waals surface area contributed by atoms with E-state index in [2.05, 4.69) is 52.2 Å². The molecule has 1 saturated heterocycles. The minimum absolute atomic E-state index is 0.736. The van der Waals surface area contributed by atoms with E-state index in [9.17, 15) is 5.26 Å². The molecule has 0 spiro atoms. The number of rotatable bonds is 3. The van der Waals surface area contributed by atoms with E-state index >= 15 is 0 Å². The van der Waals surface area contributed by atoms with Gasteiger partial charge in [0.1, 0.15) is 0 Å². The molecule has 0 N–H and O–H groups in total. The van der Waals surface area contributed by atoms with Crippen LogP contribution in [0.1, 0.15) is 38.1 Å². The Hall–Kier alpha value is -2.19. The molecule has 2 aliphatic rings. The second-order valence-corrected chi connectivity index (χ2v) is 7.88. The molecule has 0 radical (unpaired) electrons. The summed E-state index contributed by atoms with van der Waals surface area (Å²) < 4.78 is 4.81. The van der Waals surface area contributed by atoms with Gasteiger partial charge in [-0.25, -0.2) is 9.13 Å². The molecule has 1 aromatic carbocycles. The highest BCUT2D eigenvalue weighted by Crippen LogP contribution is 2.31. The van der Waals surface area contributed by atoms with Crippen LogP contribution >= 0.6 is 11.8 Å². The number of imidazole rings is 1. The van der Waals surface area contributed by atoms with Gasteiger partial charge >= 0.3 is 0 Å². The van der Waals surface area contributed by atoms with Crippen LogP contribution in [0.2, 0.25) is 0 Å². The van der Waals surface area contributed by atoms with Crippen LogP contribution in [-0.4, -0.2) is 28.3 Å². The maximum Gasteiger partial charge on any atom is 0.285 e. The number of aryl methyl sites for hydroxylation is 2. The third-order valence-corrected chi connectivity index (χ3v) is 6.44. The van der Waals surface area contributed by atoms with Gasteiger partial charge in [0.25, 0.3) is 5.82 Å². The van der Waals surface area contributed by atoms with Crippen molar-refractivity contribution in [2.24, 2.45) is 0 Å². The van der Waals surface area contributed by atoms with Gasteiger partial charge in [-0.15, -0.1) is 11.8 Å². The molecule has 0 unspecified atom stereocenters. The monoisotopic (exact) mass is 365 g/mol. The van der Waals surface area contributed by atoms with E-state index in [0.29, 0.717) is 0 Å². The maximum atomic E-state index is 9.28. The summed E-state index contributed by atoms with van der Waals surface area (Å²) in [5.74, 6) is 2.50. The van der Waals surface area contributed by atoms with Crippen LogP contribution in [0.4, 0.5) is 0 Å². The van der Waals surface area contributed by atoms with Crippen molar-refractivity contribution in [2.45, 2.75) is 39.8 Å². The lowest BCUT2D eigenvalue weighted by molar-refractivity contribution is -0.671. The number of benzene rings is 1. The summed E-state index contributed by atoms with van der Waals surface area (Å²) in [6.07, 6.45) is 6.90. The second kappa shape index (κ2) is 7.20. The molecular formula is C21H25N4S+.